The van der Waals surface area contributed by atoms with Gasteiger partial charge in [0.2, 0.25) is 5.91 Å². The van der Waals surface area contributed by atoms with Gasteiger partial charge in [0.25, 0.3) is 0 Å². The van der Waals surface area contributed by atoms with E-state index in [0.717, 1.165) is 31.4 Å². The highest BCUT2D eigenvalue weighted by atomic mass is 35.5. The standard InChI is InChI=1S/C19H29ClN2O3/c1-14(25-13-15-8-6-7-11-24-15)19(23)21-12-18(22(2)3)16-9-4-5-10-17(16)20/h4-5,9-10,14-15,18H,6-8,11-13H2,1-3H3,(H,21,23). The summed E-state index contributed by atoms with van der Waals surface area (Å²) in [4.78, 5) is 14.4. The van der Waals surface area contributed by atoms with Gasteiger partial charge in [0.05, 0.1) is 18.8 Å². The van der Waals surface area contributed by atoms with Crippen molar-refractivity contribution >= 4 is 17.5 Å². The molecule has 0 aliphatic carbocycles. The van der Waals surface area contributed by atoms with E-state index in [0.29, 0.717) is 18.2 Å². The average Bonchev–Trinajstić information content (AvgIpc) is 2.61. The maximum Gasteiger partial charge on any atom is 0.248 e. The van der Waals surface area contributed by atoms with Gasteiger partial charge in [-0.25, -0.2) is 0 Å². The van der Waals surface area contributed by atoms with E-state index in [1.165, 1.54) is 0 Å². The molecule has 25 heavy (non-hydrogen) atoms. The largest absolute Gasteiger partial charge is 0.376 e. The van der Waals surface area contributed by atoms with Crippen LogP contribution in [0.1, 0.15) is 37.8 Å². The summed E-state index contributed by atoms with van der Waals surface area (Å²) in [6.45, 7) is 3.51. The fourth-order valence-electron chi connectivity index (χ4n) is 2.92. The summed E-state index contributed by atoms with van der Waals surface area (Å²) in [5, 5.41) is 3.68. The van der Waals surface area contributed by atoms with Crippen LogP contribution in [0.5, 0.6) is 0 Å². The van der Waals surface area contributed by atoms with Crippen molar-refractivity contribution < 1.29 is 14.3 Å². The summed E-state index contributed by atoms with van der Waals surface area (Å²) in [6.07, 6.45) is 2.89. The quantitative estimate of drug-likeness (QED) is 0.766. The minimum Gasteiger partial charge on any atom is -0.376 e. The molecule has 1 fully saturated rings. The number of halogens is 1. The molecule has 0 bridgehead atoms. The molecule has 2 rings (SSSR count). The van der Waals surface area contributed by atoms with E-state index in [-0.39, 0.29) is 18.1 Å². The Morgan fingerprint density at radius 1 is 1.40 bits per heavy atom. The van der Waals surface area contributed by atoms with Gasteiger partial charge in [0, 0.05) is 18.2 Å². The normalized spacial score (nSPS) is 20.3. The van der Waals surface area contributed by atoms with E-state index < -0.39 is 6.10 Å². The van der Waals surface area contributed by atoms with Crippen LogP contribution >= 0.6 is 11.6 Å². The topological polar surface area (TPSA) is 50.8 Å². The predicted molar refractivity (Wildman–Crippen MR) is 99.9 cm³/mol. The Morgan fingerprint density at radius 3 is 2.80 bits per heavy atom. The summed E-state index contributed by atoms with van der Waals surface area (Å²) in [7, 11) is 3.95. The van der Waals surface area contributed by atoms with Gasteiger partial charge in [-0.2, -0.15) is 0 Å². The van der Waals surface area contributed by atoms with Crippen LogP contribution in [0.15, 0.2) is 24.3 Å². The molecule has 1 aromatic rings. The molecule has 140 valence electrons. The van der Waals surface area contributed by atoms with Crippen LogP contribution in [-0.2, 0) is 14.3 Å². The number of benzene rings is 1. The molecular weight excluding hydrogens is 340 g/mol. The highest BCUT2D eigenvalue weighted by Gasteiger charge is 2.21. The summed E-state index contributed by atoms with van der Waals surface area (Å²) >= 11 is 6.30. The van der Waals surface area contributed by atoms with Crippen LogP contribution in [-0.4, -0.2) is 56.9 Å². The number of nitrogens with one attached hydrogen (secondary N) is 1. The van der Waals surface area contributed by atoms with E-state index >= 15 is 0 Å². The Bertz CT molecular complexity index is 547. The minimum atomic E-state index is -0.500. The van der Waals surface area contributed by atoms with E-state index in [1.807, 2.05) is 43.3 Å². The van der Waals surface area contributed by atoms with Gasteiger partial charge in [0.1, 0.15) is 6.10 Å². The molecule has 1 aromatic carbocycles. The third-order valence-electron chi connectivity index (χ3n) is 4.53. The van der Waals surface area contributed by atoms with Crippen molar-refractivity contribution in [2.75, 3.05) is 33.9 Å². The molecule has 0 radical (unpaired) electrons. The van der Waals surface area contributed by atoms with Crippen LogP contribution in [0, 0.1) is 0 Å². The highest BCUT2D eigenvalue weighted by Crippen LogP contribution is 2.25. The maximum atomic E-state index is 12.3. The monoisotopic (exact) mass is 368 g/mol. The molecule has 5 nitrogen and oxygen atoms in total. The number of rotatable bonds is 8. The zero-order chi connectivity index (χ0) is 18.2. The summed E-state index contributed by atoms with van der Waals surface area (Å²) < 4.78 is 11.3. The SMILES string of the molecule is CC(OCC1CCCCO1)C(=O)NCC(c1ccccc1Cl)N(C)C. The van der Waals surface area contributed by atoms with E-state index in [9.17, 15) is 4.79 Å². The Morgan fingerprint density at radius 2 is 2.16 bits per heavy atom. The Labute approximate surface area is 155 Å². The van der Waals surface area contributed by atoms with Gasteiger partial charge in [-0.3, -0.25) is 4.79 Å². The predicted octanol–water partition coefficient (Wildman–Crippen LogP) is 3.03. The molecular formula is C19H29ClN2O3. The molecule has 3 unspecified atom stereocenters. The lowest BCUT2D eigenvalue weighted by Crippen LogP contribution is -2.41. The van der Waals surface area contributed by atoms with Gasteiger partial charge in [-0.05, 0) is 51.9 Å². The molecule has 1 aliphatic heterocycles. The summed E-state index contributed by atoms with van der Waals surface area (Å²) in [5.74, 6) is -0.116. The molecule has 1 aliphatic rings. The Hall–Kier alpha value is -1.14. The lowest BCUT2D eigenvalue weighted by Gasteiger charge is -2.27. The lowest BCUT2D eigenvalue weighted by atomic mass is 10.1. The van der Waals surface area contributed by atoms with Crippen LogP contribution in [0.25, 0.3) is 0 Å². The van der Waals surface area contributed by atoms with Gasteiger partial charge < -0.3 is 19.7 Å². The smallest absolute Gasteiger partial charge is 0.248 e. The zero-order valence-electron chi connectivity index (χ0n) is 15.3. The first kappa shape index (κ1) is 20.2. The molecule has 1 heterocycles. The lowest BCUT2D eigenvalue weighted by molar-refractivity contribution is -0.135. The number of amides is 1. The van der Waals surface area contributed by atoms with Gasteiger partial charge >= 0.3 is 0 Å². The Kier molecular flexibility index (Phi) is 8.16. The first-order valence-corrected chi connectivity index (χ1v) is 9.28. The molecule has 0 spiro atoms. The number of ether oxygens (including phenoxy) is 2. The van der Waals surface area contributed by atoms with Crippen molar-refractivity contribution in [1.29, 1.82) is 0 Å². The Balaban J connectivity index is 1.82. The molecule has 1 saturated heterocycles. The highest BCUT2D eigenvalue weighted by molar-refractivity contribution is 6.31. The van der Waals surface area contributed by atoms with Crippen molar-refractivity contribution in [2.45, 2.75) is 44.4 Å². The van der Waals surface area contributed by atoms with Crippen molar-refractivity contribution in [3.05, 3.63) is 34.9 Å². The summed E-state index contributed by atoms with van der Waals surface area (Å²) in [5.41, 5.74) is 0.999. The number of likely N-dealkylation sites (N-methyl/N-ethyl adjacent to an activating group) is 1. The number of carbonyl (C=O) groups is 1. The molecule has 1 amide bonds. The van der Waals surface area contributed by atoms with E-state index in [2.05, 4.69) is 5.32 Å². The second-order valence-electron chi connectivity index (χ2n) is 6.71. The van der Waals surface area contributed by atoms with Gasteiger partial charge in [-0.1, -0.05) is 29.8 Å². The summed E-state index contributed by atoms with van der Waals surface area (Å²) in [6, 6.07) is 7.71. The molecule has 0 saturated carbocycles. The molecule has 0 aromatic heterocycles. The van der Waals surface area contributed by atoms with Crippen molar-refractivity contribution in [1.82, 2.24) is 10.2 Å². The zero-order valence-corrected chi connectivity index (χ0v) is 16.1. The molecule has 3 atom stereocenters. The first-order valence-electron chi connectivity index (χ1n) is 8.90. The number of carbonyl (C=O) groups excluding carboxylic acids is 1. The van der Waals surface area contributed by atoms with Crippen LogP contribution in [0.2, 0.25) is 5.02 Å². The van der Waals surface area contributed by atoms with Crippen LogP contribution in [0.4, 0.5) is 0 Å². The first-order chi connectivity index (χ1) is 12.0. The van der Waals surface area contributed by atoms with Crippen molar-refractivity contribution in [3.63, 3.8) is 0 Å². The van der Waals surface area contributed by atoms with E-state index in [1.54, 1.807) is 6.92 Å². The number of hydrogen-bond donors (Lipinski definition) is 1. The number of hydrogen-bond acceptors (Lipinski definition) is 4. The van der Waals surface area contributed by atoms with E-state index in [4.69, 9.17) is 21.1 Å². The fourth-order valence-corrected chi connectivity index (χ4v) is 3.18. The van der Waals surface area contributed by atoms with Crippen LogP contribution in [0.3, 0.4) is 0 Å². The average molecular weight is 369 g/mol. The fraction of sp³-hybridized carbons (Fsp3) is 0.632. The second kappa shape index (κ2) is 10.1. The van der Waals surface area contributed by atoms with Crippen molar-refractivity contribution in [2.24, 2.45) is 0 Å². The third kappa shape index (κ3) is 6.26. The van der Waals surface area contributed by atoms with Gasteiger partial charge in [-0.15, -0.1) is 0 Å². The van der Waals surface area contributed by atoms with Gasteiger partial charge in [0.15, 0.2) is 0 Å². The third-order valence-corrected chi connectivity index (χ3v) is 4.88. The minimum absolute atomic E-state index is 0.00604. The second-order valence-corrected chi connectivity index (χ2v) is 7.12. The molecule has 1 N–H and O–H groups in total. The number of nitrogens with zero attached hydrogens (tertiary/aromatic N) is 1. The molecule has 6 heteroatoms. The van der Waals surface area contributed by atoms with Crippen LogP contribution < -0.4 is 5.32 Å². The van der Waals surface area contributed by atoms with Crippen molar-refractivity contribution in [3.8, 4) is 0 Å². The maximum absolute atomic E-state index is 12.3.